The Bertz CT molecular complexity index is 394. The highest BCUT2D eigenvalue weighted by molar-refractivity contribution is 9.10. The minimum Gasteiger partial charge on any atom is -0.324 e. The standard InChI is InChI=1S/C14H19BrClN/c1-9-3-2-4-10(7-9)14(17)12-8-11(16)5-6-13(12)15/h5-6,8-10,14H,2-4,7,17H2,1H3. The Hall–Kier alpha value is -0.0500. The first kappa shape index (κ1) is 13.4. The largest absolute Gasteiger partial charge is 0.324 e. The molecule has 0 aliphatic heterocycles. The summed E-state index contributed by atoms with van der Waals surface area (Å²) in [6, 6.07) is 5.98. The minimum atomic E-state index is 0.103. The molecule has 0 spiro atoms. The summed E-state index contributed by atoms with van der Waals surface area (Å²) in [6.45, 7) is 2.33. The summed E-state index contributed by atoms with van der Waals surface area (Å²) in [5.41, 5.74) is 7.56. The molecule has 1 aliphatic rings. The lowest BCUT2D eigenvalue weighted by Gasteiger charge is -2.31. The summed E-state index contributed by atoms with van der Waals surface area (Å²) in [5, 5.41) is 0.766. The highest BCUT2D eigenvalue weighted by atomic mass is 79.9. The molecule has 0 aromatic heterocycles. The molecule has 1 aliphatic carbocycles. The summed E-state index contributed by atoms with van der Waals surface area (Å²) in [5.74, 6) is 1.39. The first-order valence-corrected chi connectivity index (χ1v) is 7.45. The maximum atomic E-state index is 6.41. The quantitative estimate of drug-likeness (QED) is 0.822. The molecule has 0 radical (unpaired) electrons. The lowest BCUT2D eigenvalue weighted by molar-refractivity contribution is 0.247. The van der Waals surface area contributed by atoms with Crippen molar-refractivity contribution in [1.82, 2.24) is 0 Å². The van der Waals surface area contributed by atoms with Gasteiger partial charge in [-0.05, 0) is 48.4 Å². The summed E-state index contributed by atoms with van der Waals surface area (Å²) >= 11 is 9.63. The van der Waals surface area contributed by atoms with Crippen LogP contribution >= 0.6 is 27.5 Å². The van der Waals surface area contributed by atoms with Crippen LogP contribution < -0.4 is 5.73 Å². The van der Waals surface area contributed by atoms with Gasteiger partial charge in [0.05, 0.1) is 0 Å². The lowest BCUT2D eigenvalue weighted by atomic mass is 9.77. The van der Waals surface area contributed by atoms with Gasteiger partial charge in [0, 0.05) is 15.5 Å². The van der Waals surface area contributed by atoms with Crippen molar-refractivity contribution >= 4 is 27.5 Å². The third kappa shape index (κ3) is 3.24. The van der Waals surface area contributed by atoms with Crippen LogP contribution in [0.25, 0.3) is 0 Å². The van der Waals surface area contributed by atoms with Crippen LogP contribution in [0, 0.1) is 11.8 Å². The average Bonchev–Trinajstić information content (AvgIpc) is 2.31. The van der Waals surface area contributed by atoms with Crippen molar-refractivity contribution in [3.05, 3.63) is 33.3 Å². The summed E-state index contributed by atoms with van der Waals surface area (Å²) < 4.78 is 1.08. The van der Waals surface area contributed by atoms with Gasteiger partial charge in [0.25, 0.3) is 0 Å². The molecular formula is C14H19BrClN. The second-order valence-electron chi connectivity index (χ2n) is 5.22. The van der Waals surface area contributed by atoms with Crippen LogP contribution in [-0.4, -0.2) is 0 Å². The maximum Gasteiger partial charge on any atom is 0.0410 e. The van der Waals surface area contributed by atoms with E-state index >= 15 is 0 Å². The molecule has 3 heteroatoms. The van der Waals surface area contributed by atoms with Gasteiger partial charge >= 0.3 is 0 Å². The number of benzene rings is 1. The van der Waals surface area contributed by atoms with Crippen LogP contribution in [0.15, 0.2) is 22.7 Å². The van der Waals surface area contributed by atoms with Crippen molar-refractivity contribution < 1.29 is 0 Å². The van der Waals surface area contributed by atoms with E-state index in [9.17, 15) is 0 Å². The Morgan fingerprint density at radius 3 is 2.88 bits per heavy atom. The number of nitrogens with two attached hydrogens (primary N) is 1. The van der Waals surface area contributed by atoms with Crippen LogP contribution in [0.3, 0.4) is 0 Å². The van der Waals surface area contributed by atoms with Crippen LogP contribution in [0.2, 0.25) is 5.02 Å². The van der Waals surface area contributed by atoms with Crippen molar-refractivity contribution in [1.29, 1.82) is 0 Å². The topological polar surface area (TPSA) is 26.0 Å². The summed E-state index contributed by atoms with van der Waals surface area (Å²) in [4.78, 5) is 0. The van der Waals surface area contributed by atoms with Gasteiger partial charge in [-0.25, -0.2) is 0 Å². The molecule has 94 valence electrons. The minimum absolute atomic E-state index is 0.103. The van der Waals surface area contributed by atoms with Crippen LogP contribution in [0.1, 0.15) is 44.2 Å². The smallest absolute Gasteiger partial charge is 0.0410 e. The Kier molecular flexibility index (Phi) is 4.51. The van der Waals surface area contributed by atoms with Gasteiger partial charge in [-0.2, -0.15) is 0 Å². The van der Waals surface area contributed by atoms with E-state index < -0.39 is 0 Å². The van der Waals surface area contributed by atoms with Crippen LogP contribution in [0.5, 0.6) is 0 Å². The monoisotopic (exact) mass is 315 g/mol. The lowest BCUT2D eigenvalue weighted by Crippen LogP contribution is -2.26. The number of hydrogen-bond donors (Lipinski definition) is 1. The zero-order chi connectivity index (χ0) is 12.4. The number of halogens is 2. The van der Waals surface area contributed by atoms with Gasteiger partial charge in [-0.1, -0.05) is 47.3 Å². The van der Waals surface area contributed by atoms with Gasteiger partial charge < -0.3 is 5.73 Å². The molecule has 0 saturated heterocycles. The molecule has 1 nitrogen and oxygen atoms in total. The van der Waals surface area contributed by atoms with Gasteiger partial charge in [0.15, 0.2) is 0 Å². The van der Waals surface area contributed by atoms with Crippen molar-refractivity contribution in [2.24, 2.45) is 17.6 Å². The molecule has 2 rings (SSSR count). The first-order chi connectivity index (χ1) is 8.08. The molecule has 1 fully saturated rings. The fraction of sp³-hybridized carbons (Fsp3) is 0.571. The van der Waals surface area contributed by atoms with E-state index in [1.165, 1.54) is 25.7 Å². The molecule has 1 aromatic rings. The van der Waals surface area contributed by atoms with E-state index in [4.69, 9.17) is 17.3 Å². The van der Waals surface area contributed by atoms with Crippen LogP contribution in [0.4, 0.5) is 0 Å². The van der Waals surface area contributed by atoms with E-state index in [1.54, 1.807) is 0 Å². The van der Waals surface area contributed by atoms with E-state index in [0.29, 0.717) is 5.92 Å². The van der Waals surface area contributed by atoms with Crippen molar-refractivity contribution in [2.75, 3.05) is 0 Å². The highest BCUT2D eigenvalue weighted by Crippen LogP contribution is 2.38. The van der Waals surface area contributed by atoms with Crippen molar-refractivity contribution in [3.63, 3.8) is 0 Å². The average molecular weight is 317 g/mol. The zero-order valence-electron chi connectivity index (χ0n) is 10.1. The van der Waals surface area contributed by atoms with Crippen molar-refractivity contribution in [3.8, 4) is 0 Å². The molecule has 0 amide bonds. The van der Waals surface area contributed by atoms with Crippen molar-refractivity contribution in [2.45, 2.75) is 38.6 Å². The second-order valence-corrected chi connectivity index (χ2v) is 6.51. The molecule has 2 N–H and O–H groups in total. The predicted octanol–water partition coefficient (Wildman–Crippen LogP) is 4.93. The summed E-state index contributed by atoms with van der Waals surface area (Å²) in [7, 11) is 0. The molecule has 0 heterocycles. The van der Waals surface area contributed by atoms with Gasteiger partial charge in [0.2, 0.25) is 0 Å². The fourth-order valence-electron chi connectivity index (χ4n) is 2.83. The molecule has 1 saturated carbocycles. The second kappa shape index (κ2) is 5.73. The first-order valence-electron chi connectivity index (χ1n) is 6.28. The third-order valence-corrected chi connectivity index (χ3v) is 4.76. The Morgan fingerprint density at radius 2 is 2.18 bits per heavy atom. The van der Waals surface area contributed by atoms with Gasteiger partial charge in [-0.15, -0.1) is 0 Å². The fourth-order valence-corrected chi connectivity index (χ4v) is 3.52. The highest BCUT2D eigenvalue weighted by Gasteiger charge is 2.26. The van der Waals surface area contributed by atoms with Gasteiger partial charge in [-0.3, -0.25) is 0 Å². The van der Waals surface area contributed by atoms with E-state index in [0.717, 1.165) is 21.0 Å². The maximum absolute atomic E-state index is 6.41. The Balaban J connectivity index is 2.18. The normalized spacial score (nSPS) is 26.8. The van der Waals surface area contributed by atoms with E-state index in [2.05, 4.69) is 22.9 Å². The number of rotatable bonds is 2. The Morgan fingerprint density at radius 1 is 1.41 bits per heavy atom. The third-order valence-electron chi connectivity index (χ3n) is 3.80. The number of hydrogen-bond acceptors (Lipinski definition) is 1. The van der Waals surface area contributed by atoms with E-state index in [-0.39, 0.29) is 6.04 Å². The SMILES string of the molecule is CC1CCCC(C(N)c2cc(Cl)ccc2Br)C1. The predicted molar refractivity (Wildman–Crippen MR) is 77.2 cm³/mol. The molecule has 3 atom stereocenters. The zero-order valence-corrected chi connectivity index (χ0v) is 12.5. The van der Waals surface area contributed by atoms with E-state index in [1.807, 2.05) is 18.2 Å². The Labute approximate surface area is 117 Å². The molecule has 0 bridgehead atoms. The molecular weight excluding hydrogens is 298 g/mol. The molecule has 3 unspecified atom stereocenters. The van der Waals surface area contributed by atoms with Crippen LogP contribution in [-0.2, 0) is 0 Å². The molecule has 1 aromatic carbocycles. The summed E-state index contributed by atoms with van der Waals surface area (Å²) in [6.07, 6.45) is 5.13. The van der Waals surface area contributed by atoms with Gasteiger partial charge in [0.1, 0.15) is 0 Å². The molecule has 17 heavy (non-hydrogen) atoms.